The standard InChI is InChI=1S/C13H16O4/c14-10-3-1-2-8(6-10)9-4-5-12(15)11(7-9)13(16)17/h4-5,7-8,10,14-15H,1-3,6H2,(H,16,17). The molecule has 1 aromatic rings. The molecule has 92 valence electrons. The number of aliphatic hydroxyl groups excluding tert-OH is 1. The lowest BCUT2D eigenvalue weighted by Gasteiger charge is -2.26. The highest BCUT2D eigenvalue weighted by molar-refractivity contribution is 5.90. The molecule has 3 N–H and O–H groups in total. The first-order valence-corrected chi connectivity index (χ1v) is 5.82. The average Bonchev–Trinajstić information content (AvgIpc) is 2.29. The van der Waals surface area contributed by atoms with Gasteiger partial charge in [-0.15, -0.1) is 0 Å². The average molecular weight is 236 g/mol. The fraction of sp³-hybridized carbons (Fsp3) is 0.462. The Bertz CT molecular complexity index is 427. The predicted molar refractivity (Wildman–Crippen MR) is 62.3 cm³/mol. The van der Waals surface area contributed by atoms with E-state index in [1.54, 1.807) is 6.07 Å². The molecule has 0 heterocycles. The van der Waals surface area contributed by atoms with Crippen LogP contribution in [-0.4, -0.2) is 27.4 Å². The van der Waals surface area contributed by atoms with E-state index in [2.05, 4.69) is 0 Å². The summed E-state index contributed by atoms with van der Waals surface area (Å²) in [5, 5.41) is 28.0. The monoisotopic (exact) mass is 236 g/mol. The number of hydrogen-bond acceptors (Lipinski definition) is 3. The lowest BCUT2D eigenvalue weighted by atomic mass is 9.82. The van der Waals surface area contributed by atoms with Crippen molar-refractivity contribution < 1.29 is 20.1 Å². The summed E-state index contributed by atoms with van der Waals surface area (Å²) in [5.41, 5.74) is 0.821. The van der Waals surface area contributed by atoms with Gasteiger partial charge in [-0.1, -0.05) is 12.5 Å². The third-order valence-electron chi connectivity index (χ3n) is 3.37. The molecule has 0 bridgehead atoms. The van der Waals surface area contributed by atoms with Gasteiger partial charge in [-0.2, -0.15) is 0 Å². The van der Waals surface area contributed by atoms with Crippen LogP contribution in [0.2, 0.25) is 0 Å². The lowest BCUT2D eigenvalue weighted by Crippen LogP contribution is -2.18. The summed E-state index contributed by atoms with van der Waals surface area (Å²) in [6.45, 7) is 0. The highest BCUT2D eigenvalue weighted by Crippen LogP contribution is 2.34. The van der Waals surface area contributed by atoms with Gasteiger partial charge in [-0.25, -0.2) is 4.79 Å². The fourth-order valence-electron chi connectivity index (χ4n) is 2.45. The maximum atomic E-state index is 10.9. The van der Waals surface area contributed by atoms with Crippen molar-refractivity contribution in [3.8, 4) is 5.75 Å². The first-order chi connectivity index (χ1) is 8.08. The molecule has 2 unspecified atom stereocenters. The highest BCUT2D eigenvalue weighted by Gasteiger charge is 2.23. The summed E-state index contributed by atoms with van der Waals surface area (Å²) in [5.74, 6) is -1.14. The molecule has 1 fully saturated rings. The smallest absolute Gasteiger partial charge is 0.339 e. The third kappa shape index (κ3) is 2.58. The van der Waals surface area contributed by atoms with Gasteiger partial charge in [0.05, 0.1) is 6.10 Å². The second kappa shape index (κ2) is 4.75. The van der Waals surface area contributed by atoms with Crippen molar-refractivity contribution >= 4 is 5.97 Å². The molecule has 17 heavy (non-hydrogen) atoms. The Hall–Kier alpha value is -1.55. The Labute approximate surface area is 99.5 Å². The summed E-state index contributed by atoms with van der Waals surface area (Å²) in [6.07, 6.45) is 3.11. The molecule has 4 heteroatoms. The van der Waals surface area contributed by atoms with E-state index >= 15 is 0 Å². The quantitative estimate of drug-likeness (QED) is 0.735. The first-order valence-electron chi connectivity index (χ1n) is 5.82. The van der Waals surface area contributed by atoms with Crippen molar-refractivity contribution in [3.63, 3.8) is 0 Å². The van der Waals surface area contributed by atoms with E-state index in [0.29, 0.717) is 6.42 Å². The highest BCUT2D eigenvalue weighted by atomic mass is 16.4. The van der Waals surface area contributed by atoms with E-state index in [0.717, 1.165) is 24.8 Å². The van der Waals surface area contributed by atoms with Crippen LogP contribution in [-0.2, 0) is 0 Å². The Balaban J connectivity index is 2.26. The molecule has 4 nitrogen and oxygen atoms in total. The van der Waals surface area contributed by atoms with Crippen molar-refractivity contribution in [1.29, 1.82) is 0 Å². The van der Waals surface area contributed by atoms with Gasteiger partial charge in [0.2, 0.25) is 0 Å². The number of phenols is 1. The molecule has 2 atom stereocenters. The van der Waals surface area contributed by atoms with E-state index in [1.165, 1.54) is 12.1 Å². The molecule has 0 amide bonds. The molecule has 1 aliphatic carbocycles. The van der Waals surface area contributed by atoms with Gasteiger partial charge in [-0.05, 0) is 42.9 Å². The van der Waals surface area contributed by atoms with Crippen LogP contribution in [0.3, 0.4) is 0 Å². The Morgan fingerprint density at radius 2 is 2.06 bits per heavy atom. The van der Waals surface area contributed by atoms with E-state index in [-0.39, 0.29) is 23.3 Å². The van der Waals surface area contributed by atoms with Crippen LogP contribution in [0.5, 0.6) is 5.75 Å². The Morgan fingerprint density at radius 1 is 1.29 bits per heavy atom. The van der Waals surface area contributed by atoms with Crippen LogP contribution in [0, 0.1) is 0 Å². The number of carbonyl (C=O) groups is 1. The van der Waals surface area contributed by atoms with Gasteiger partial charge in [0.25, 0.3) is 0 Å². The number of benzene rings is 1. The van der Waals surface area contributed by atoms with Crippen molar-refractivity contribution in [3.05, 3.63) is 29.3 Å². The number of carboxylic acids is 1. The minimum Gasteiger partial charge on any atom is -0.507 e. The number of aromatic carboxylic acids is 1. The molecule has 1 aliphatic rings. The Morgan fingerprint density at radius 3 is 2.71 bits per heavy atom. The normalized spacial score (nSPS) is 24.5. The molecule has 0 saturated heterocycles. The summed E-state index contributed by atoms with van der Waals surface area (Å²) in [6, 6.07) is 4.67. The zero-order valence-corrected chi connectivity index (χ0v) is 9.47. The number of carboxylic acid groups (broad SMARTS) is 1. The molecular formula is C13H16O4. The van der Waals surface area contributed by atoms with Crippen molar-refractivity contribution in [2.24, 2.45) is 0 Å². The third-order valence-corrected chi connectivity index (χ3v) is 3.37. The number of hydrogen-bond donors (Lipinski definition) is 3. The first kappa shape index (κ1) is 11.9. The minimum absolute atomic E-state index is 0.0671. The van der Waals surface area contributed by atoms with E-state index in [4.69, 9.17) is 5.11 Å². The summed E-state index contributed by atoms with van der Waals surface area (Å²) >= 11 is 0. The fourth-order valence-corrected chi connectivity index (χ4v) is 2.45. The van der Waals surface area contributed by atoms with Gasteiger partial charge >= 0.3 is 5.97 Å². The summed E-state index contributed by atoms with van der Waals surface area (Å²) in [7, 11) is 0. The molecule has 1 aromatic carbocycles. The SMILES string of the molecule is O=C(O)c1cc(C2CCCC(O)C2)ccc1O. The number of aromatic hydroxyl groups is 1. The van der Waals surface area contributed by atoms with Crippen molar-refractivity contribution in [2.45, 2.75) is 37.7 Å². The predicted octanol–water partition coefficient (Wildman–Crippen LogP) is 2.11. The van der Waals surface area contributed by atoms with Crippen LogP contribution in [0.25, 0.3) is 0 Å². The van der Waals surface area contributed by atoms with E-state index in [1.807, 2.05) is 0 Å². The van der Waals surface area contributed by atoms with E-state index in [9.17, 15) is 15.0 Å². The van der Waals surface area contributed by atoms with Crippen LogP contribution >= 0.6 is 0 Å². The van der Waals surface area contributed by atoms with Gasteiger partial charge < -0.3 is 15.3 Å². The molecule has 1 saturated carbocycles. The van der Waals surface area contributed by atoms with Crippen LogP contribution in [0.4, 0.5) is 0 Å². The Kier molecular flexibility index (Phi) is 3.33. The van der Waals surface area contributed by atoms with Gasteiger partial charge in [-0.3, -0.25) is 0 Å². The van der Waals surface area contributed by atoms with Gasteiger partial charge in [0, 0.05) is 0 Å². The second-order valence-corrected chi connectivity index (χ2v) is 4.60. The molecule has 0 aromatic heterocycles. The molecule has 0 radical (unpaired) electrons. The topological polar surface area (TPSA) is 77.8 Å². The molecule has 0 spiro atoms. The molecule has 0 aliphatic heterocycles. The van der Waals surface area contributed by atoms with Gasteiger partial charge in [0.1, 0.15) is 11.3 Å². The van der Waals surface area contributed by atoms with Crippen LogP contribution < -0.4 is 0 Å². The summed E-state index contributed by atoms with van der Waals surface area (Å²) in [4.78, 5) is 10.9. The van der Waals surface area contributed by atoms with Crippen LogP contribution in [0.15, 0.2) is 18.2 Å². The number of aliphatic hydroxyl groups is 1. The largest absolute Gasteiger partial charge is 0.507 e. The van der Waals surface area contributed by atoms with Crippen LogP contribution in [0.1, 0.15) is 47.5 Å². The lowest BCUT2D eigenvalue weighted by molar-refractivity contribution is 0.0693. The molecule has 2 rings (SSSR count). The molecular weight excluding hydrogens is 220 g/mol. The van der Waals surface area contributed by atoms with E-state index < -0.39 is 5.97 Å². The maximum Gasteiger partial charge on any atom is 0.339 e. The maximum absolute atomic E-state index is 10.9. The minimum atomic E-state index is -1.12. The summed E-state index contributed by atoms with van der Waals surface area (Å²) < 4.78 is 0. The zero-order valence-electron chi connectivity index (χ0n) is 9.47. The number of rotatable bonds is 2. The second-order valence-electron chi connectivity index (χ2n) is 4.60. The zero-order chi connectivity index (χ0) is 12.4. The van der Waals surface area contributed by atoms with Crippen molar-refractivity contribution in [2.75, 3.05) is 0 Å². The van der Waals surface area contributed by atoms with Gasteiger partial charge in [0.15, 0.2) is 0 Å². The van der Waals surface area contributed by atoms with Crippen molar-refractivity contribution in [1.82, 2.24) is 0 Å².